The van der Waals surface area contributed by atoms with Crippen LogP contribution in [0.15, 0.2) is 91.2 Å². The Labute approximate surface area is 262 Å². The second kappa shape index (κ2) is 15.4. The van der Waals surface area contributed by atoms with Crippen LogP contribution in [0.2, 0.25) is 0 Å². The molecule has 0 saturated carbocycles. The Morgan fingerprint density at radius 1 is 0.909 bits per heavy atom. The van der Waals surface area contributed by atoms with Crippen molar-refractivity contribution in [2.75, 3.05) is 0 Å². The molecule has 0 spiro atoms. The highest BCUT2D eigenvalue weighted by atomic mass is 16.5. The molecule has 7 nitrogen and oxygen atoms in total. The molecule has 0 aliphatic heterocycles. The standard InChI is InChI=1S/C37H47N3O4/c1-7-24-44-37(25-31(38)41,23-15-22-30-21-14-16-26(2)32(30)29-19-12-9-13-20-29)35(43)40-33(36(4,5)6)34(42)39-27(3)28-17-10-8-11-18-28/h7-14,16-21,24,27,33H,15,22-23,25H2,1-6H3,(H2,38,41)(H,39,42)(H,40,43)/t27-,33-,37-/m1/s1. The van der Waals surface area contributed by atoms with Crippen LogP contribution in [0.5, 0.6) is 0 Å². The molecular weight excluding hydrogens is 550 g/mol. The van der Waals surface area contributed by atoms with Gasteiger partial charge in [0.1, 0.15) is 6.04 Å². The number of carbonyl (C=O) groups is 3. The van der Waals surface area contributed by atoms with E-state index in [0.717, 1.165) is 27.8 Å². The van der Waals surface area contributed by atoms with Crippen LogP contribution in [-0.2, 0) is 25.5 Å². The molecule has 3 amide bonds. The first-order valence-corrected chi connectivity index (χ1v) is 15.3. The average molecular weight is 598 g/mol. The molecule has 44 heavy (non-hydrogen) atoms. The summed E-state index contributed by atoms with van der Waals surface area (Å²) in [6.45, 7) is 11.4. The zero-order valence-electron chi connectivity index (χ0n) is 26.9. The zero-order valence-corrected chi connectivity index (χ0v) is 26.9. The molecule has 0 saturated heterocycles. The number of ether oxygens (including phenoxy) is 1. The number of carbonyl (C=O) groups excluding carboxylic acids is 3. The molecule has 0 radical (unpaired) electrons. The predicted molar refractivity (Wildman–Crippen MR) is 176 cm³/mol. The third-order valence-corrected chi connectivity index (χ3v) is 7.81. The summed E-state index contributed by atoms with van der Waals surface area (Å²) in [6.07, 6.45) is 4.14. The average Bonchev–Trinajstić information content (AvgIpc) is 2.98. The third-order valence-electron chi connectivity index (χ3n) is 7.81. The van der Waals surface area contributed by atoms with Gasteiger partial charge < -0.3 is 21.1 Å². The molecule has 0 aliphatic rings. The van der Waals surface area contributed by atoms with Crippen molar-refractivity contribution < 1.29 is 19.1 Å². The molecule has 3 aromatic rings. The Balaban J connectivity index is 1.88. The van der Waals surface area contributed by atoms with Gasteiger partial charge in [0.15, 0.2) is 5.60 Å². The molecule has 0 aromatic heterocycles. The minimum atomic E-state index is -1.59. The van der Waals surface area contributed by atoms with Crippen molar-refractivity contribution in [3.8, 4) is 11.1 Å². The van der Waals surface area contributed by atoms with E-state index >= 15 is 0 Å². The Morgan fingerprint density at radius 3 is 2.14 bits per heavy atom. The molecule has 0 unspecified atom stereocenters. The highest BCUT2D eigenvalue weighted by Crippen LogP contribution is 2.32. The first kappa shape index (κ1) is 34.1. The molecule has 234 valence electrons. The molecule has 0 bridgehead atoms. The second-order valence-corrected chi connectivity index (χ2v) is 12.5. The number of primary amides is 1. The van der Waals surface area contributed by atoms with Crippen LogP contribution in [0, 0.1) is 12.3 Å². The summed E-state index contributed by atoms with van der Waals surface area (Å²) in [5.74, 6) is -1.54. The number of aryl methyl sites for hydroxylation is 2. The van der Waals surface area contributed by atoms with Gasteiger partial charge >= 0.3 is 0 Å². The van der Waals surface area contributed by atoms with Crippen LogP contribution < -0.4 is 16.4 Å². The molecule has 0 aliphatic carbocycles. The number of benzene rings is 3. The second-order valence-electron chi connectivity index (χ2n) is 12.5. The van der Waals surface area contributed by atoms with Crippen molar-refractivity contribution in [3.05, 3.63) is 108 Å². The SMILES string of the molecule is CC=CO[C@](CCCc1cccc(C)c1-c1ccccc1)(CC(N)=O)C(=O)N[C@H](C(=O)N[C@H](C)c1ccccc1)C(C)(C)C. The Morgan fingerprint density at radius 2 is 1.55 bits per heavy atom. The summed E-state index contributed by atoms with van der Waals surface area (Å²) in [5.41, 5.74) is 8.98. The van der Waals surface area contributed by atoms with E-state index in [0.29, 0.717) is 12.8 Å². The van der Waals surface area contributed by atoms with Crippen molar-refractivity contribution in [2.24, 2.45) is 11.1 Å². The number of hydrogen-bond acceptors (Lipinski definition) is 4. The number of nitrogens with two attached hydrogens (primary N) is 1. The van der Waals surface area contributed by atoms with E-state index in [9.17, 15) is 14.4 Å². The first-order chi connectivity index (χ1) is 20.9. The van der Waals surface area contributed by atoms with Crippen LogP contribution in [-0.4, -0.2) is 29.4 Å². The fourth-order valence-corrected chi connectivity index (χ4v) is 5.49. The maximum Gasteiger partial charge on any atom is 0.265 e. The van der Waals surface area contributed by atoms with Gasteiger partial charge in [0.05, 0.1) is 18.7 Å². The lowest BCUT2D eigenvalue weighted by Gasteiger charge is -2.36. The molecule has 0 fully saturated rings. The van der Waals surface area contributed by atoms with Gasteiger partial charge in [-0.2, -0.15) is 0 Å². The Hall–Kier alpha value is -4.39. The van der Waals surface area contributed by atoms with Crippen molar-refractivity contribution >= 4 is 17.7 Å². The fourth-order valence-electron chi connectivity index (χ4n) is 5.49. The van der Waals surface area contributed by atoms with Crippen LogP contribution in [0.1, 0.15) is 76.6 Å². The van der Waals surface area contributed by atoms with E-state index in [4.69, 9.17) is 10.5 Å². The largest absolute Gasteiger partial charge is 0.485 e. The van der Waals surface area contributed by atoms with E-state index in [-0.39, 0.29) is 24.8 Å². The summed E-state index contributed by atoms with van der Waals surface area (Å²) in [6, 6.07) is 24.9. The van der Waals surface area contributed by atoms with Crippen LogP contribution in [0.25, 0.3) is 11.1 Å². The maximum absolute atomic E-state index is 14.2. The topological polar surface area (TPSA) is 111 Å². The summed E-state index contributed by atoms with van der Waals surface area (Å²) in [7, 11) is 0. The van der Waals surface area contributed by atoms with E-state index < -0.39 is 28.9 Å². The van der Waals surface area contributed by atoms with Gasteiger partial charge in [-0.25, -0.2) is 0 Å². The van der Waals surface area contributed by atoms with Crippen molar-refractivity contribution in [1.29, 1.82) is 0 Å². The number of allylic oxidation sites excluding steroid dienone is 1. The van der Waals surface area contributed by atoms with Gasteiger partial charge in [-0.3, -0.25) is 14.4 Å². The lowest BCUT2D eigenvalue weighted by molar-refractivity contribution is -0.149. The minimum Gasteiger partial charge on any atom is -0.485 e. The molecule has 7 heteroatoms. The smallest absolute Gasteiger partial charge is 0.265 e. The van der Waals surface area contributed by atoms with E-state index in [1.54, 1.807) is 13.0 Å². The van der Waals surface area contributed by atoms with Gasteiger partial charge in [0, 0.05) is 0 Å². The molecule has 3 aromatic carbocycles. The normalized spacial score (nSPS) is 14.3. The van der Waals surface area contributed by atoms with E-state index in [1.807, 2.05) is 82.3 Å². The molecular formula is C37H47N3O4. The number of nitrogens with one attached hydrogen (secondary N) is 2. The van der Waals surface area contributed by atoms with Crippen LogP contribution in [0.4, 0.5) is 0 Å². The van der Waals surface area contributed by atoms with E-state index in [1.165, 1.54) is 6.26 Å². The maximum atomic E-state index is 14.2. The monoisotopic (exact) mass is 597 g/mol. The molecule has 3 rings (SSSR count). The summed E-state index contributed by atoms with van der Waals surface area (Å²) >= 11 is 0. The molecule has 3 atom stereocenters. The lowest BCUT2D eigenvalue weighted by Crippen LogP contribution is -2.60. The third kappa shape index (κ3) is 9.06. The quantitative estimate of drug-likeness (QED) is 0.183. The zero-order chi connectivity index (χ0) is 32.3. The number of amides is 3. The molecule has 4 N–H and O–H groups in total. The van der Waals surface area contributed by atoms with Gasteiger partial charge in [-0.05, 0) is 73.3 Å². The van der Waals surface area contributed by atoms with Gasteiger partial charge in [0.25, 0.3) is 5.91 Å². The number of hydrogen-bond donors (Lipinski definition) is 3. The van der Waals surface area contributed by atoms with Crippen molar-refractivity contribution in [3.63, 3.8) is 0 Å². The first-order valence-electron chi connectivity index (χ1n) is 15.3. The van der Waals surface area contributed by atoms with E-state index in [2.05, 4.69) is 41.8 Å². The summed E-state index contributed by atoms with van der Waals surface area (Å²) in [5, 5.41) is 5.98. The Kier molecular flexibility index (Phi) is 11.9. The summed E-state index contributed by atoms with van der Waals surface area (Å²) < 4.78 is 6.05. The highest BCUT2D eigenvalue weighted by molar-refractivity contribution is 5.95. The van der Waals surface area contributed by atoms with Crippen LogP contribution in [0.3, 0.4) is 0 Å². The lowest BCUT2D eigenvalue weighted by atomic mass is 9.83. The minimum absolute atomic E-state index is 0.215. The highest BCUT2D eigenvalue weighted by Gasteiger charge is 2.45. The van der Waals surface area contributed by atoms with Gasteiger partial charge in [0.2, 0.25) is 11.8 Å². The van der Waals surface area contributed by atoms with Crippen molar-refractivity contribution in [1.82, 2.24) is 10.6 Å². The predicted octanol–water partition coefficient (Wildman–Crippen LogP) is 6.56. The van der Waals surface area contributed by atoms with Crippen LogP contribution >= 0.6 is 0 Å². The summed E-state index contributed by atoms with van der Waals surface area (Å²) in [4.78, 5) is 40.1. The fraction of sp³-hybridized carbons (Fsp3) is 0.378. The van der Waals surface area contributed by atoms with Gasteiger partial charge in [-0.1, -0.05) is 106 Å². The Bertz CT molecular complexity index is 1430. The van der Waals surface area contributed by atoms with Gasteiger partial charge in [-0.15, -0.1) is 0 Å². The number of rotatable bonds is 14. The molecule has 0 heterocycles. The van der Waals surface area contributed by atoms with Crippen molar-refractivity contribution in [2.45, 2.75) is 84.9 Å².